The quantitative estimate of drug-likeness (QED) is 0.775. The van der Waals surface area contributed by atoms with Crippen LogP contribution in [0.4, 0.5) is 5.82 Å². The summed E-state index contributed by atoms with van der Waals surface area (Å²) in [7, 11) is -3.73. The van der Waals surface area contributed by atoms with Gasteiger partial charge < -0.3 is 0 Å². The molecule has 3 rings (SSSR count). The van der Waals surface area contributed by atoms with Crippen molar-refractivity contribution in [2.24, 2.45) is 0 Å². The number of hydrogen-bond acceptors (Lipinski definition) is 5. The molecule has 1 N–H and O–H groups in total. The molecular weight excluding hydrogens is 338 g/mol. The van der Waals surface area contributed by atoms with Gasteiger partial charge in [-0.1, -0.05) is 17.7 Å². The summed E-state index contributed by atoms with van der Waals surface area (Å²) in [5.41, 5.74) is 3.44. The summed E-state index contributed by atoms with van der Waals surface area (Å²) in [6.45, 7) is 7.47. The van der Waals surface area contributed by atoms with E-state index in [1.165, 1.54) is 6.33 Å². The molecule has 0 saturated carbocycles. The standard InChI is InChI=1S/C17H19N5O2S/c1-11-5-6-15(12(2)7-11)25(23,24)21-16-9-17(19-10-18-16)22-14(4)8-13(3)20-22/h5-10H,1-4H3,(H,18,19,21). The third kappa shape index (κ3) is 3.53. The lowest BCUT2D eigenvalue weighted by Gasteiger charge is -2.11. The third-order valence-corrected chi connectivity index (χ3v) is 5.25. The first-order chi connectivity index (χ1) is 11.8. The van der Waals surface area contributed by atoms with E-state index in [4.69, 9.17) is 0 Å². The van der Waals surface area contributed by atoms with Crippen LogP contribution in [-0.2, 0) is 10.0 Å². The number of nitrogens with one attached hydrogen (secondary N) is 1. The summed E-state index contributed by atoms with van der Waals surface area (Å²) in [6, 6.07) is 8.66. The van der Waals surface area contributed by atoms with E-state index in [1.807, 2.05) is 32.9 Å². The lowest BCUT2D eigenvalue weighted by atomic mass is 10.2. The highest BCUT2D eigenvalue weighted by molar-refractivity contribution is 7.92. The highest BCUT2D eigenvalue weighted by Crippen LogP contribution is 2.20. The van der Waals surface area contributed by atoms with Gasteiger partial charge in [0.2, 0.25) is 0 Å². The molecule has 2 aromatic heterocycles. The Morgan fingerprint density at radius 2 is 1.76 bits per heavy atom. The van der Waals surface area contributed by atoms with Crippen molar-refractivity contribution in [2.45, 2.75) is 32.6 Å². The fourth-order valence-corrected chi connectivity index (χ4v) is 3.90. The molecule has 0 fully saturated rings. The van der Waals surface area contributed by atoms with Crippen molar-refractivity contribution >= 4 is 15.8 Å². The van der Waals surface area contributed by atoms with Crippen LogP contribution < -0.4 is 4.72 Å². The number of hydrogen-bond donors (Lipinski definition) is 1. The van der Waals surface area contributed by atoms with Gasteiger partial charge in [0.05, 0.1) is 10.6 Å². The van der Waals surface area contributed by atoms with Crippen LogP contribution in [0.25, 0.3) is 5.82 Å². The number of benzene rings is 1. The molecule has 0 amide bonds. The van der Waals surface area contributed by atoms with E-state index >= 15 is 0 Å². The highest BCUT2D eigenvalue weighted by atomic mass is 32.2. The van der Waals surface area contributed by atoms with Crippen LogP contribution >= 0.6 is 0 Å². The van der Waals surface area contributed by atoms with Crippen molar-refractivity contribution in [3.63, 3.8) is 0 Å². The zero-order chi connectivity index (χ0) is 18.2. The minimum Gasteiger partial charge on any atom is -0.263 e. The number of sulfonamides is 1. The van der Waals surface area contributed by atoms with Gasteiger partial charge in [0.15, 0.2) is 5.82 Å². The lowest BCUT2D eigenvalue weighted by Crippen LogP contribution is -2.16. The van der Waals surface area contributed by atoms with Crippen LogP contribution in [0.2, 0.25) is 0 Å². The molecule has 25 heavy (non-hydrogen) atoms. The molecule has 0 atom stereocenters. The summed E-state index contributed by atoms with van der Waals surface area (Å²) in [4.78, 5) is 8.41. The van der Waals surface area contributed by atoms with E-state index in [9.17, 15) is 8.42 Å². The molecule has 0 aliphatic rings. The van der Waals surface area contributed by atoms with Crippen molar-refractivity contribution in [2.75, 3.05) is 4.72 Å². The van der Waals surface area contributed by atoms with Crippen LogP contribution in [0.3, 0.4) is 0 Å². The Balaban J connectivity index is 1.95. The highest BCUT2D eigenvalue weighted by Gasteiger charge is 2.18. The van der Waals surface area contributed by atoms with Gasteiger partial charge in [0.1, 0.15) is 12.1 Å². The van der Waals surface area contributed by atoms with Crippen molar-refractivity contribution in [1.82, 2.24) is 19.7 Å². The van der Waals surface area contributed by atoms with Gasteiger partial charge in [-0.3, -0.25) is 4.72 Å². The first kappa shape index (κ1) is 17.1. The second kappa shape index (κ2) is 6.29. The van der Waals surface area contributed by atoms with E-state index in [0.29, 0.717) is 11.4 Å². The average Bonchev–Trinajstić information content (AvgIpc) is 2.85. The third-order valence-electron chi connectivity index (χ3n) is 3.74. The summed E-state index contributed by atoms with van der Waals surface area (Å²) >= 11 is 0. The molecule has 3 aromatic rings. The van der Waals surface area contributed by atoms with Gasteiger partial charge in [-0.2, -0.15) is 5.10 Å². The molecule has 130 valence electrons. The van der Waals surface area contributed by atoms with Crippen LogP contribution in [0.1, 0.15) is 22.5 Å². The van der Waals surface area contributed by atoms with Gasteiger partial charge in [-0.05, 0) is 45.4 Å². The first-order valence-corrected chi connectivity index (χ1v) is 9.20. The zero-order valence-corrected chi connectivity index (χ0v) is 15.3. The predicted molar refractivity (Wildman–Crippen MR) is 95.4 cm³/mol. The molecule has 0 saturated heterocycles. The largest absolute Gasteiger partial charge is 0.263 e. The molecule has 7 nitrogen and oxygen atoms in total. The fraction of sp³-hybridized carbons (Fsp3) is 0.235. The van der Waals surface area contributed by atoms with Crippen molar-refractivity contribution in [3.8, 4) is 5.82 Å². The smallest absolute Gasteiger partial charge is 0.263 e. The van der Waals surface area contributed by atoms with Gasteiger partial charge in [0, 0.05) is 11.8 Å². The summed E-state index contributed by atoms with van der Waals surface area (Å²) in [5.74, 6) is 0.691. The van der Waals surface area contributed by atoms with Crippen LogP contribution in [0, 0.1) is 27.7 Å². The number of nitrogens with zero attached hydrogens (tertiary/aromatic N) is 4. The normalized spacial score (nSPS) is 11.5. The summed E-state index contributed by atoms with van der Waals surface area (Å²) < 4.78 is 29.5. The minimum atomic E-state index is -3.73. The summed E-state index contributed by atoms with van der Waals surface area (Å²) in [5, 5.41) is 4.35. The van der Waals surface area contributed by atoms with Gasteiger partial charge >= 0.3 is 0 Å². The molecule has 2 heterocycles. The maximum absolute atomic E-state index is 12.7. The minimum absolute atomic E-state index is 0.192. The van der Waals surface area contributed by atoms with E-state index in [-0.39, 0.29) is 10.7 Å². The van der Waals surface area contributed by atoms with Gasteiger partial charge in [-0.25, -0.2) is 23.1 Å². The SMILES string of the molecule is Cc1ccc(S(=O)(=O)Nc2cc(-n3nc(C)cc3C)ncn2)c(C)c1. The van der Waals surface area contributed by atoms with Crippen LogP contribution in [0.5, 0.6) is 0 Å². The van der Waals surface area contributed by atoms with Crippen molar-refractivity contribution < 1.29 is 8.42 Å². The van der Waals surface area contributed by atoms with E-state index in [2.05, 4.69) is 19.8 Å². The monoisotopic (exact) mass is 357 g/mol. The Morgan fingerprint density at radius 1 is 1.00 bits per heavy atom. The Morgan fingerprint density at radius 3 is 2.40 bits per heavy atom. The molecule has 0 unspecified atom stereocenters. The number of anilines is 1. The number of aromatic nitrogens is 4. The Labute approximate surface area is 146 Å². The zero-order valence-electron chi connectivity index (χ0n) is 14.5. The summed E-state index contributed by atoms with van der Waals surface area (Å²) in [6.07, 6.45) is 1.31. The lowest BCUT2D eigenvalue weighted by molar-refractivity contribution is 0.600. The van der Waals surface area contributed by atoms with Crippen LogP contribution in [0.15, 0.2) is 41.6 Å². The molecule has 0 aliphatic carbocycles. The van der Waals surface area contributed by atoms with E-state index < -0.39 is 10.0 Å². The molecule has 0 bridgehead atoms. The van der Waals surface area contributed by atoms with Crippen LogP contribution in [-0.4, -0.2) is 28.2 Å². The second-order valence-corrected chi connectivity index (χ2v) is 7.63. The molecule has 8 heteroatoms. The first-order valence-electron chi connectivity index (χ1n) is 7.72. The van der Waals surface area contributed by atoms with Crippen molar-refractivity contribution in [3.05, 3.63) is 59.2 Å². The fourth-order valence-electron chi connectivity index (χ4n) is 2.67. The van der Waals surface area contributed by atoms with E-state index in [0.717, 1.165) is 17.0 Å². The van der Waals surface area contributed by atoms with Crippen molar-refractivity contribution in [1.29, 1.82) is 0 Å². The maximum atomic E-state index is 12.7. The van der Waals surface area contributed by atoms with Gasteiger partial charge in [0.25, 0.3) is 10.0 Å². The molecular formula is C17H19N5O2S. The maximum Gasteiger partial charge on any atom is 0.263 e. The Kier molecular flexibility index (Phi) is 4.30. The molecule has 1 aromatic carbocycles. The Hall–Kier alpha value is -2.74. The number of rotatable bonds is 4. The van der Waals surface area contributed by atoms with Gasteiger partial charge in [-0.15, -0.1) is 0 Å². The topological polar surface area (TPSA) is 89.8 Å². The second-order valence-electron chi connectivity index (χ2n) is 5.97. The Bertz CT molecular complexity index is 1040. The molecule has 0 spiro atoms. The molecule has 0 radical (unpaired) electrons. The number of aryl methyl sites for hydroxylation is 4. The molecule has 0 aliphatic heterocycles. The average molecular weight is 357 g/mol. The van der Waals surface area contributed by atoms with E-state index in [1.54, 1.807) is 29.8 Å². The predicted octanol–water partition coefficient (Wildman–Crippen LogP) is 2.70.